The maximum atomic E-state index is 12.6. The lowest BCUT2D eigenvalue weighted by Gasteiger charge is -2.15. The van der Waals surface area contributed by atoms with Gasteiger partial charge in [0.1, 0.15) is 5.75 Å². The zero-order chi connectivity index (χ0) is 22.1. The number of pyridine rings is 1. The second kappa shape index (κ2) is 8.59. The highest BCUT2D eigenvalue weighted by atomic mass is 32.2. The standard InChI is InChI=1S/C24H26N4O2S/c1-14-6-7-18(10-15(14)2)17(4)25-23(29)13-31-24-27-26-22-11-16(3)20-9-8-19(30-5)12-21(20)28(22)24/h6-12,17H,13H2,1-5H3,(H,25,29). The molecule has 31 heavy (non-hydrogen) atoms. The lowest BCUT2D eigenvalue weighted by Crippen LogP contribution is -2.28. The van der Waals surface area contributed by atoms with Gasteiger partial charge < -0.3 is 10.1 Å². The molecule has 1 amide bonds. The number of amides is 1. The molecular weight excluding hydrogens is 408 g/mol. The number of aromatic nitrogens is 3. The molecule has 1 unspecified atom stereocenters. The molecule has 4 rings (SSSR count). The Hall–Kier alpha value is -3.06. The van der Waals surface area contributed by atoms with Gasteiger partial charge in [-0.3, -0.25) is 9.20 Å². The molecule has 0 aliphatic heterocycles. The number of carbonyl (C=O) groups is 1. The van der Waals surface area contributed by atoms with E-state index in [1.54, 1.807) is 7.11 Å². The van der Waals surface area contributed by atoms with Crippen LogP contribution in [0.15, 0.2) is 47.6 Å². The number of methoxy groups -OCH3 is 1. The Bertz CT molecular complexity index is 1280. The molecule has 2 aromatic carbocycles. The zero-order valence-corrected chi connectivity index (χ0v) is 19.2. The summed E-state index contributed by atoms with van der Waals surface area (Å²) in [7, 11) is 1.65. The van der Waals surface area contributed by atoms with Gasteiger partial charge in [-0.1, -0.05) is 30.0 Å². The molecule has 4 aromatic rings. The van der Waals surface area contributed by atoms with Gasteiger partial charge in [0.05, 0.1) is 24.4 Å². The summed E-state index contributed by atoms with van der Waals surface area (Å²) in [4.78, 5) is 12.6. The number of nitrogens with one attached hydrogen (secondary N) is 1. The van der Waals surface area contributed by atoms with Crippen LogP contribution in [0.4, 0.5) is 0 Å². The number of carbonyl (C=O) groups excluding carboxylic acids is 1. The van der Waals surface area contributed by atoms with Gasteiger partial charge in [0.2, 0.25) is 5.91 Å². The van der Waals surface area contributed by atoms with E-state index in [0.29, 0.717) is 5.16 Å². The van der Waals surface area contributed by atoms with Crippen LogP contribution in [-0.4, -0.2) is 33.4 Å². The molecular formula is C24H26N4O2S. The van der Waals surface area contributed by atoms with Gasteiger partial charge in [0, 0.05) is 11.5 Å². The monoisotopic (exact) mass is 434 g/mol. The van der Waals surface area contributed by atoms with Crippen LogP contribution < -0.4 is 10.1 Å². The molecule has 0 spiro atoms. The van der Waals surface area contributed by atoms with Crippen molar-refractivity contribution in [1.82, 2.24) is 19.9 Å². The molecule has 0 bridgehead atoms. The Balaban J connectivity index is 1.54. The quantitative estimate of drug-likeness (QED) is 0.442. The number of thioether (sulfide) groups is 1. The Labute approximate surface area is 186 Å². The van der Waals surface area contributed by atoms with Crippen LogP contribution in [0.1, 0.15) is 35.2 Å². The van der Waals surface area contributed by atoms with Crippen molar-refractivity contribution in [3.8, 4) is 5.75 Å². The van der Waals surface area contributed by atoms with Gasteiger partial charge in [-0.05, 0) is 68.1 Å². The van der Waals surface area contributed by atoms with Gasteiger partial charge in [-0.15, -0.1) is 10.2 Å². The Morgan fingerprint density at radius 2 is 1.87 bits per heavy atom. The van der Waals surface area contributed by atoms with E-state index in [1.807, 2.05) is 35.6 Å². The molecule has 0 aliphatic rings. The largest absolute Gasteiger partial charge is 0.497 e. The fourth-order valence-electron chi connectivity index (χ4n) is 3.65. The molecule has 0 radical (unpaired) electrons. The highest BCUT2D eigenvalue weighted by molar-refractivity contribution is 7.99. The Morgan fingerprint density at radius 1 is 1.06 bits per heavy atom. The van der Waals surface area contributed by atoms with Gasteiger partial charge >= 0.3 is 0 Å². The third kappa shape index (κ3) is 4.23. The van der Waals surface area contributed by atoms with E-state index in [9.17, 15) is 4.79 Å². The number of hydrogen-bond donors (Lipinski definition) is 1. The predicted octanol–water partition coefficient (Wildman–Crippen LogP) is 4.79. The number of hydrogen-bond acceptors (Lipinski definition) is 5. The van der Waals surface area contributed by atoms with E-state index in [4.69, 9.17) is 4.74 Å². The number of aryl methyl sites for hydroxylation is 3. The van der Waals surface area contributed by atoms with Gasteiger partial charge in [0.25, 0.3) is 0 Å². The molecule has 2 heterocycles. The number of fused-ring (bicyclic) bond motifs is 3. The van der Waals surface area contributed by atoms with Crippen LogP contribution in [0.2, 0.25) is 0 Å². The van der Waals surface area contributed by atoms with E-state index in [2.05, 4.69) is 54.5 Å². The van der Waals surface area contributed by atoms with Crippen LogP contribution in [-0.2, 0) is 4.79 Å². The van der Waals surface area contributed by atoms with Crippen molar-refractivity contribution >= 4 is 34.2 Å². The van der Waals surface area contributed by atoms with Crippen LogP contribution in [0.25, 0.3) is 16.6 Å². The van der Waals surface area contributed by atoms with E-state index < -0.39 is 0 Å². The van der Waals surface area contributed by atoms with Crippen molar-refractivity contribution in [2.45, 2.75) is 38.9 Å². The molecule has 1 N–H and O–H groups in total. The summed E-state index contributed by atoms with van der Waals surface area (Å²) in [6.45, 7) is 8.23. The number of ether oxygens (including phenoxy) is 1. The first-order chi connectivity index (χ1) is 14.9. The van der Waals surface area contributed by atoms with E-state index >= 15 is 0 Å². The summed E-state index contributed by atoms with van der Waals surface area (Å²) in [5, 5.41) is 13.5. The summed E-state index contributed by atoms with van der Waals surface area (Å²) in [5.74, 6) is 0.987. The lowest BCUT2D eigenvalue weighted by atomic mass is 10.0. The lowest BCUT2D eigenvalue weighted by molar-refractivity contribution is -0.119. The molecule has 0 saturated carbocycles. The molecule has 1 atom stereocenters. The summed E-state index contributed by atoms with van der Waals surface area (Å²) in [6, 6.07) is 14.2. The van der Waals surface area contributed by atoms with Crippen molar-refractivity contribution in [1.29, 1.82) is 0 Å². The van der Waals surface area contributed by atoms with Crippen LogP contribution >= 0.6 is 11.8 Å². The maximum Gasteiger partial charge on any atom is 0.230 e. The molecule has 0 aliphatic carbocycles. The minimum absolute atomic E-state index is 0.0403. The SMILES string of the molecule is COc1ccc2c(C)cc3nnc(SCC(=O)NC(C)c4ccc(C)c(C)c4)n3c2c1. The molecule has 2 aromatic heterocycles. The maximum absolute atomic E-state index is 12.6. The summed E-state index contributed by atoms with van der Waals surface area (Å²) >= 11 is 1.38. The van der Waals surface area contributed by atoms with Gasteiger partial charge in [-0.25, -0.2) is 0 Å². The Kier molecular flexibility index (Phi) is 5.87. The Morgan fingerprint density at radius 3 is 2.61 bits per heavy atom. The number of nitrogens with zero attached hydrogens (tertiary/aromatic N) is 3. The molecule has 160 valence electrons. The van der Waals surface area contributed by atoms with Crippen molar-refractivity contribution in [3.05, 3.63) is 64.7 Å². The van der Waals surface area contributed by atoms with Crippen molar-refractivity contribution in [2.24, 2.45) is 0 Å². The van der Waals surface area contributed by atoms with Crippen molar-refractivity contribution in [3.63, 3.8) is 0 Å². The minimum atomic E-state index is -0.0599. The van der Waals surface area contributed by atoms with E-state index in [1.165, 1.54) is 22.9 Å². The minimum Gasteiger partial charge on any atom is -0.497 e. The average molecular weight is 435 g/mol. The second-order valence-electron chi connectivity index (χ2n) is 7.81. The topological polar surface area (TPSA) is 68.5 Å². The highest BCUT2D eigenvalue weighted by Gasteiger charge is 2.15. The number of rotatable bonds is 6. The molecule has 0 saturated heterocycles. The third-order valence-electron chi connectivity index (χ3n) is 5.62. The second-order valence-corrected chi connectivity index (χ2v) is 8.75. The smallest absolute Gasteiger partial charge is 0.230 e. The first-order valence-electron chi connectivity index (χ1n) is 10.2. The third-order valence-corrected chi connectivity index (χ3v) is 6.54. The van der Waals surface area contributed by atoms with Crippen LogP contribution in [0.5, 0.6) is 5.75 Å². The van der Waals surface area contributed by atoms with Crippen molar-refractivity contribution in [2.75, 3.05) is 12.9 Å². The summed E-state index contributed by atoms with van der Waals surface area (Å²) < 4.78 is 7.38. The first kappa shape index (κ1) is 21.2. The van der Waals surface area contributed by atoms with Crippen LogP contribution in [0, 0.1) is 20.8 Å². The summed E-state index contributed by atoms with van der Waals surface area (Å²) in [5.41, 5.74) is 6.41. The predicted molar refractivity (Wildman–Crippen MR) is 125 cm³/mol. The van der Waals surface area contributed by atoms with E-state index in [-0.39, 0.29) is 17.7 Å². The van der Waals surface area contributed by atoms with Gasteiger partial charge in [0.15, 0.2) is 10.8 Å². The van der Waals surface area contributed by atoms with Crippen molar-refractivity contribution < 1.29 is 9.53 Å². The highest BCUT2D eigenvalue weighted by Crippen LogP contribution is 2.28. The molecule has 7 heteroatoms. The summed E-state index contributed by atoms with van der Waals surface area (Å²) in [6.07, 6.45) is 0. The fourth-order valence-corrected chi connectivity index (χ4v) is 4.42. The molecule has 6 nitrogen and oxygen atoms in total. The van der Waals surface area contributed by atoms with Crippen LogP contribution in [0.3, 0.4) is 0 Å². The first-order valence-corrected chi connectivity index (χ1v) is 11.2. The number of benzene rings is 2. The van der Waals surface area contributed by atoms with E-state index in [0.717, 1.165) is 33.4 Å². The normalized spacial score (nSPS) is 12.3. The van der Waals surface area contributed by atoms with Gasteiger partial charge in [-0.2, -0.15) is 0 Å². The fraction of sp³-hybridized carbons (Fsp3) is 0.292. The average Bonchev–Trinajstić information content (AvgIpc) is 3.16. The zero-order valence-electron chi connectivity index (χ0n) is 18.4. The molecule has 0 fully saturated rings.